The van der Waals surface area contributed by atoms with Gasteiger partial charge in [0.2, 0.25) is 0 Å². The molecule has 5 atom stereocenters. The van der Waals surface area contributed by atoms with Crippen LogP contribution < -0.4 is 0 Å². The molecule has 0 aromatic carbocycles. The Morgan fingerprint density at radius 2 is 2.00 bits per heavy atom. The monoisotopic (exact) mass is 243 g/mol. The van der Waals surface area contributed by atoms with Crippen molar-refractivity contribution in [1.29, 1.82) is 0 Å². The summed E-state index contributed by atoms with van der Waals surface area (Å²) < 4.78 is 17.4. The second-order valence-corrected chi connectivity index (χ2v) is 5.46. The predicted octanol–water partition coefficient (Wildman–Crippen LogP) is 1.28. The van der Waals surface area contributed by atoms with Crippen LogP contribution >= 0.6 is 0 Å². The van der Waals surface area contributed by atoms with Crippen LogP contribution in [0.3, 0.4) is 0 Å². The van der Waals surface area contributed by atoms with Gasteiger partial charge in [0.1, 0.15) is 12.2 Å². The summed E-state index contributed by atoms with van der Waals surface area (Å²) in [7, 11) is 0. The van der Waals surface area contributed by atoms with Crippen LogP contribution in [0.15, 0.2) is 0 Å². The minimum atomic E-state index is -0.473. The number of rotatable bonds is 2. The fourth-order valence-electron chi connectivity index (χ4n) is 3.15. The van der Waals surface area contributed by atoms with Crippen molar-refractivity contribution < 1.29 is 19.0 Å². The molecule has 0 aromatic rings. The number of hydrogen-bond acceptors (Lipinski definition) is 5. The first-order valence-corrected chi connectivity index (χ1v) is 6.44. The van der Waals surface area contributed by atoms with Gasteiger partial charge in [-0.15, -0.1) is 0 Å². The van der Waals surface area contributed by atoms with Crippen molar-refractivity contribution in [3.05, 3.63) is 0 Å². The Kier molecular flexibility index (Phi) is 2.72. The highest BCUT2D eigenvalue weighted by Gasteiger charge is 2.60. The molecule has 5 nitrogen and oxygen atoms in total. The molecule has 3 rings (SSSR count). The third kappa shape index (κ3) is 1.81. The highest BCUT2D eigenvalue weighted by Crippen LogP contribution is 2.44. The second-order valence-electron chi connectivity index (χ2n) is 5.46. The minimum absolute atomic E-state index is 0.102. The van der Waals surface area contributed by atoms with E-state index in [0.29, 0.717) is 6.61 Å². The predicted molar refractivity (Wildman–Crippen MR) is 60.0 cm³/mol. The molecule has 3 aliphatic heterocycles. The molecule has 3 fully saturated rings. The van der Waals surface area contributed by atoms with Gasteiger partial charge in [-0.05, 0) is 27.7 Å². The van der Waals surface area contributed by atoms with E-state index in [1.165, 1.54) is 0 Å². The molecule has 3 aliphatic rings. The molecule has 0 radical (unpaired) electrons. The van der Waals surface area contributed by atoms with Gasteiger partial charge in [-0.3, -0.25) is 4.84 Å². The normalized spacial score (nSPS) is 48.4. The highest BCUT2D eigenvalue weighted by molar-refractivity contribution is 5.04. The molecule has 0 unspecified atom stereocenters. The van der Waals surface area contributed by atoms with Crippen molar-refractivity contribution in [2.24, 2.45) is 0 Å². The topological polar surface area (TPSA) is 40.2 Å². The zero-order valence-corrected chi connectivity index (χ0v) is 10.9. The van der Waals surface area contributed by atoms with Crippen LogP contribution in [0.1, 0.15) is 34.1 Å². The first-order chi connectivity index (χ1) is 8.02. The van der Waals surface area contributed by atoms with E-state index in [2.05, 4.69) is 6.92 Å². The lowest BCUT2D eigenvalue weighted by atomic mass is 10.1. The number of hydrogen-bond donors (Lipinski definition) is 0. The standard InChI is InChI=1S/C12H21NO4/c1-5-14-9-6-8-11-10(7(2)13(8)17-9)15-12(3,4)16-11/h7-11H,5-6H2,1-4H3/t7-,8-,9-,10+,11-/m0/s1. The first-order valence-electron chi connectivity index (χ1n) is 6.44. The van der Waals surface area contributed by atoms with E-state index in [-0.39, 0.29) is 30.6 Å². The van der Waals surface area contributed by atoms with E-state index in [1.807, 2.05) is 25.8 Å². The SMILES string of the molecule is CCO[C@@H]1C[C@H]2[C@@H]3OC(C)(C)O[C@@H]3[C@H](C)N2O1. The summed E-state index contributed by atoms with van der Waals surface area (Å²) in [5.41, 5.74) is 0. The Morgan fingerprint density at radius 3 is 2.71 bits per heavy atom. The third-order valence-electron chi connectivity index (χ3n) is 3.77. The number of fused-ring (bicyclic) bond motifs is 3. The summed E-state index contributed by atoms with van der Waals surface area (Å²) in [5, 5.41) is 2.00. The fourth-order valence-corrected chi connectivity index (χ4v) is 3.15. The van der Waals surface area contributed by atoms with Gasteiger partial charge in [0.05, 0.1) is 12.1 Å². The van der Waals surface area contributed by atoms with E-state index < -0.39 is 5.79 Å². The van der Waals surface area contributed by atoms with Crippen molar-refractivity contribution in [3.63, 3.8) is 0 Å². The molecule has 0 aromatic heterocycles. The van der Waals surface area contributed by atoms with Gasteiger partial charge in [0, 0.05) is 13.0 Å². The molecular formula is C12H21NO4. The molecule has 5 heteroatoms. The maximum Gasteiger partial charge on any atom is 0.179 e. The lowest BCUT2D eigenvalue weighted by Crippen LogP contribution is -2.37. The lowest BCUT2D eigenvalue weighted by molar-refractivity contribution is -0.262. The van der Waals surface area contributed by atoms with Gasteiger partial charge in [0.15, 0.2) is 12.1 Å². The first kappa shape index (κ1) is 11.9. The quantitative estimate of drug-likeness (QED) is 0.730. The second kappa shape index (κ2) is 3.90. The van der Waals surface area contributed by atoms with Crippen molar-refractivity contribution in [2.75, 3.05) is 6.61 Å². The molecule has 0 spiro atoms. The smallest absolute Gasteiger partial charge is 0.179 e. The maximum atomic E-state index is 5.98. The molecule has 0 N–H and O–H groups in total. The molecule has 0 saturated carbocycles. The molecule has 3 saturated heterocycles. The average molecular weight is 243 g/mol. The fraction of sp³-hybridized carbons (Fsp3) is 1.00. The molecule has 0 bridgehead atoms. The number of hydroxylamine groups is 2. The van der Waals surface area contributed by atoms with E-state index in [4.69, 9.17) is 19.0 Å². The van der Waals surface area contributed by atoms with Gasteiger partial charge < -0.3 is 14.2 Å². The summed E-state index contributed by atoms with van der Waals surface area (Å²) in [5.74, 6) is -0.473. The zero-order valence-electron chi connectivity index (χ0n) is 10.9. The van der Waals surface area contributed by atoms with E-state index in [9.17, 15) is 0 Å². The summed E-state index contributed by atoms with van der Waals surface area (Å²) in [6, 6.07) is 0.477. The summed E-state index contributed by atoms with van der Waals surface area (Å²) in [4.78, 5) is 5.79. The summed E-state index contributed by atoms with van der Waals surface area (Å²) >= 11 is 0. The van der Waals surface area contributed by atoms with E-state index in [0.717, 1.165) is 6.42 Å². The Hall–Kier alpha value is -0.200. The van der Waals surface area contributed by atoms with Gasteiger partial charge in [0.25, 0.3) is 0 Å². The van der Waals surface area contributed by atoms with Crippen LogP contribution in [0.4, 0.5) is 0 Å². The van der Waals surface area contributed by atoms with Crippen molar-refractivity contribution in [3.8, 4) is 0 Å². The van der Waals surface area contributed by atoms with Crippen molar-refractivity contribution >= 4 is 0 Å². The van der Waals surface area contributed by atoms with Gasteiger partial charge in [-0.1, -0.05) is 0 Å². The van der Waals surface area contributed by atoms with Gasteiger partial charge in [-0.25, -0.2) is 0 Å². The van der Waals surface area contributed by atoms with Crippen LogP contribution in [0.2, 0.25) is 0 Å². The zero-order chi connectivity index (χ0) is 12.2. The van der Waals surface area contributed by atoms with Gasteiger partial charge >= 0.3 is 0 Å². The molecule has 3 heterocycles. The Morgan fingerprint density at radius 1 is 1.29 bits per heavy atom. The largest absolute Gasteiger partial charge is 0.351 e. The Balaban J connectivity index is 1.74. The number of nitrogens with zero attached hydrogens (tertiary/aromatic N) is 1. The molecule has 98 valence electrons. The van der Waals surface area contributed by atoms with Crippen LogP contribution in [0.25, 0.3) is 0 Å². The van der Waals surface area contributed by atoms with E-state index in [1.54, 1.807) is 0 Å². The van der Waals surface area contributed by atoms with Crippen LogP contribution in [0.5, 0.6) is 0 Å². The van der Waals surface area contributed by atoms with Crippen LogP contribution in [-0.2, 0) is 19.0 Å². The number of ether oxygens (including phenoxy) is 3. The Bertz CT molecular complexity index is 309. The van der Waals surface area contributed by atoms with Crippen LogP contribution in [-0.4, -0.2) is 48.0 Å². The van der Waals surface area contributed by atoms with Crippen LogP contribution in [0, 0.1) is 0 Å². The summed E-state index contributed by atoms with van der Waals surface area (Å²) in [6.45, 7) is 8.72. The Labute approximate surface area is 102 Å². The minimum Gasteiger partial charge on any atom is -0.351 e. The maximum absolute atomic E-state index is 5.98. The van der Waals surface area contributed by atoms with Gasteiger partial charge in [-0.2, -0.15) is 5.06 Å². The van der Waals surface area contributed by atoms with Crippen molar-refractivity contribution in [2.45, 2.75) is 70.5 Å². The molecule has 0 amide bonds. The average Bonchev–Trinajstić information content (AvgIpc) is 2.83. The highest BCUT2D eigenvalue weighted by atomic mass is 16.8. The molecule has 17 heavy (non-hydrogen) atoms. The molecular weight excluding hydrogens is 222 g/mol. The third-order valence-corrected chi connectivity index (χ3v) is 3.77. The molecule has 0 aliphatic carbocycles. The summed E-state index contributed by atoms with van der Waals surface area (Å²) in [6.07, 6.45) is 0.947. The van der Waals surface area contributed by atoms with Crippen molar-refractivity contribution in [1.82, 2.24) is 5.06 Å². The van der Waals surface area contributed by atoms with E-state index >= 15 is 0 Å². The lowest BCUT2D eigenvalue weighted by Gasteiger charge is -2.26.